The average Bonchev–Trinajstić information content (AvgIpc) is 2.79. The van der Waals surface area contributed by atoms with Gasteiger partial charge in [-0.05, 0) is 55.3 Å². The van der Waals surface area contributed by atoms with E-state index in [0.29, 0.717) is 27.5 Å². The highest BCUT2D eigenvalue weighted by molar-refractivity contribution is 6.34. The number of hydrogen-bond acceptors (Lipinski definition) is 4. The van der Waals surface area contributed by atoms with E-state index in [0.717, 1.165) is 25.7 Å². The fourth-order valence-corrected chi connectivity index (χ4v) is 3.76. The maximum Gasteiger partial charge on any atom is 0.253 e. The van der Waals surface area contributed by atoms with E-state index in [9.17, 15) is 14.4 Å². The standard InChI is InChI=1S/C23H27ClN4O3/c1-25-22(30)15-7-9-17(10-8-15)27-21(29)14-26-18-11-12-20(24)19(13-18)23(31)28-16-5-3-2-4-6-16/h7-13,16,26H,2-6,14H2,1H3,(H,25,30)(H,27,29)(H,28,31). The molecule has 0 unspecified atom stereocenters. The molecule has 2 aromatic rings. The van der Waals surface area contributed by atoms with Gasteiger partial charge >= 0.3 is 0 Å². The molecule has 2 aromatic carbocycles. The zero-order valence-corrected chi connectivity index (χ0v) is 18.2. The van der Waals surface area contributed by atoms with E-state index in [1.54, 1.807) is 49.5 Å². The molecule has 3 amide bonds. The van der Waals surface area contributed by atoms with E-state index in [1.165, 1.54) is 6.42 Å². The Morgan fingerprint density at radius 1 is 0.935 bits per heavy atom. The van der Waals surface area contributed by atoms with Gasteiger partial charge in [-0.1, -0.05) is 30.9 Å². The summed E-state index contributed by atoms with van der Waals surface area (Å²) < 4.78 is 0. The average molecular weight is 443 g/mol. The molecule has 4 N–H and O–H groups in total. The SMILES string of the molecule is CNC(=O)c1ccc(NC(=O)CNc2ccc(Cl)c(C(=O)NC3CCCCC3)c2)cc1. The summed E-state index contributed by atoms with van der Waals surface area (Å²) in [6, 6.07) is 11.8. The highest BCUT2D eigenvalue weighted by Crippen LogP contribution is 2.23. The fourth-order valence-electron chi connectivity index (χ4n) is 3.56. The van der Waals surface area contributed by atoms with Crippen molar-refractivity contribution in [3.63, 3.8) is 0 Å². The topological polar surface area (TPSA) is 99.3 Å². The van der Waals surface area contributed by atoms with E-state index in [4.69, 9.17) is 11.6 Å². The van der Waals surface area contributed by atoms with Crippen molar-refractivity contribution >= 4 is 40.7 Å². The Bertz CT molecular complexity index is 940. The maximum absolute atomic E-state index is 12.6. The summed E-state index contributed by atoms with van der Waals surface area (Å²) in [7, 11) is 1.56. The van der Waals surface area contributed by atoms with Crippen LogP contribution < -0.4 is 21.3 Å². The minimum atomic E-state index is -0.254. The maximum atomic E-state index is 12.6. The van der Waals surface area contributed by atoms with Crippen LogP contribution >= 0.6 is 11.6 Å². The Labute approximate surface area is 186 Å². The van der Waals surface area contributed by atoms with Crippen LogP contribution in [-0.2, 0) is 4.79 Å². The molecule has 0 bridgehead atoms. The normalized spacial score (nSPS) is 13.9. The molecule has 0 saturated heterocycles. The van der Waals surface area contributed by atoms with Crippen molar-refractivity contribution in [2.75, 3.05) is 24.2 Å². The number of carbonyl (C=O) groups is 3. The van der Waals surface area contributed by atoms with Gasteiger partial charge in [0.15, 0.2) is 0 Å². The summed E-state index contributed by atoms with van der Waals surface area (Å²) in [6.07, 6.45) is 5.46. The molecule has 1 saturated carbocycles. The van der Waals surface area contributed by atoms with Crippen molar-refractivity contribution in [3.8, 4) is 0 Å². The van der Waals surface area contributed by atoms with Gasteiger partial charge in [0.2, 0.25) is 5.91 Å². The van der Waals surface area contributed by atoms with Crippen LogP contribution in [0.4, 0.5) is 11.4 Å². The molecule has 3 rings (SSSR count). The molecule has 8 heteroatoms. The van der Waals surface area contributed by atoms with E-state index in [-0.39, 0.29) is 30.3 Å². The quantitative estimate of drug-likeness (QED) is 0.524. The Morgan fingerprint density at radius 3 is 2.29 bits per heavy atom. The van der Waals surface area contributed by atoms with E-state index in [2.05, 4.69) is 21.3 Å². The predicted octanol–water partition coefficient (Wildman–Crippen LogP) is 3.81. The molecule has 1 fully saturated rings. The first-order valence-corrected chi connectivity index (χ1v) is 10.8. The molecule has 164 valence electrons. The van der Waals surface area contributed by atoms with Crippen LogP contribution in [0.2, 0.25) is 5.02 Å². The second kappa shape index (κ2) is 10.8. The minimum absolute atomic E-state index is 0.0164. The zero-order chi connectivity index (χ0) is 22.2. The molecule has 0 spiro atoms. The monoisotopic (exact) mass is 442 g/mol. The second-order valence-electron chi connectivity index (χ2n) is 7.56. The lowest BCUT2D eigenvalue weighted by atomic mass is 9.95. The van der Waals surface area contributed by atoms with Crippen molar-refractivity contribution in [1.82, 2.24) is 10.6 Å². The van der Waals surface area contributed by atoms with Crippen molar-refractivity contribution in [2.45, 2.75) is 38.1 Å². The summed E-state index contributed by atoms with van der Waals surface area (Å²) in [5.74, 6) is -0.636. The van der Waals surface area contributed by atoms with Gasteiger partial charge in [-0.3, -0.25) is 14.4 Å². The summed E-state index contributed by atoms with van der Waals surface area (Å²) in [5.41, 5.74) is 2.12. The van der Waals surface area contributed by atoms with E-state index >= 15 is 0 Å². The van der Waals surface area contributed by atoms with Crippen molar-refractivity contribution in [1.29, 1.82) is 0 Å². The number of anilines is 2. The number of nitrogens with one attached hydrogen (secondary N) is 4. The summed E-state index contributed by atoms with van der Waals surface area (Å²) in [6.45, 7) is 0.0164. The zero-order valence-electron chi connectivity index (χ0n) is 17.5. The Balaban J connectivity index is 1.55. The third-order valence-electron chi connectivity index (χ3n) is 5.26. The minimum Gasteiger partial charge on any atom is -0.376 e. The van der Waals surface area contributed by atoms with Crippen LogP contribution in [0, 0.1) is 0 Å². The predicted molar refractivity (Wildman–Crippen MR) is 123 cm³/mol. The molecular weight excluding hydrogens is 416 g/mol. The first-order chi connectivity index (χ1) is 15.0. The first-order valence-electron chi connectivity index (χ1n) is 10.4. The lowest BCUT2D eigenvalue weighted by Crippen LogP contribution is -2.36. The summed E-state index contributed by atoms with van der Waals surface area (Å²) in [5, 5.41) is 11.8. The van der Waals surface area contributed by atoms with Crippen molar-refractivity contribution < 1.29 is 14.4 Å². The molecule has 0 heterocycles. The van der Waals surface area contributed by atoms with Gasteiger partial charge in [-0.2, -0.15) is 0 Å². The Hall–Kier alpha value is -3.06. The van der Waals surface area contributed by atoms with Crippen LogP contribution in [-0.4, -0.2) is 37.4 Å². The van der Waals surface area contributed by atoms with Crippen LogP contribution in [0.25, 0.3) is 0 Å². The van der Waals surface area contributed by atoms with Gasteiger partial charge in [0.05, 0.1) is 17.1 Å². The van der Waals surface area contributed by atoms with Gasteiger partial charge in [-0.25, -0.2) is 0 Å². The molecule has 1 aliphatic rings. The van der Waals surface area contributed by atoms with Gasteiger partial charge in [0.1, 0.15) is 0 Å². The second-order valence-corrected chi connectivity index (χ2v) is 7.97. The molecule has 7 nitrogen and oxygen atoms in total. The lowest BCUT2D eigenvalue weighted by molar-refractivity contribution is -0.114. The number of hydrogen-bond donors (Lipinski definition) is 4. The van der Waals surface area contributed by atoms with Gasteiger partial charge in [-0.15, -0.1) is 0 Å². The van der Waals surface area contributed by atoms with Gasteiger partial charge in [0.25, 0.3) is 11.8 Å². The Kier molecular flexibility index (Phi) is 7.89. The third kappa shape index (κ3) is 6.46. The molecule has 0 aromatic heterocycles. The van der Waals surface area contributed by atoms with Crippen molar-refractivity contribution in [2.24, 2.45) is 0 Å². The van der Waals surface area contributed by atoms with E-state index in [1.807, 2.05) is 0 Å². The molecular formula is C23H27ClN4O3. The molecule has 1 aliphatic carbocycles. The highest BCUT2D eigenvalue weighted by Gasteiger charge is 2.18. The van der Waals surface area contributed by atoms with Crippen LogP contribution in [0.5, 0.6) is 0 Å². The van der Waals surface area contributed by atoms with Crippen LogP contribution in [0.3, 0.4) is 0 Å². The number of halogens is 1. The smallest absolute Gasteiger partial charge is 0.253 e. The number of benzene rings is 2. The van der Waals surface area contributed by atoms with Crippen LogP contribution in [0.15, 0.2) is 42.5 Å². The molecule has 0 aliphatic heterocycles. The third-order valence-corrected chi connectivity index (χ3v) is 5.59. The molecule has 0 atom stereocenters. The number of amides is 3. The lowest BCUT2D eigenvalue weighted by Gasteiger charge is -2.23. The fraction of sp³-hybridized carbons (Fsp3) is 0.348. The van der Waals surface area contributed by atoms with Crippen LogP contribution in [0.1, 0.15) is 52.8 Å². The van der Waals surface area contributed by atoms with E-state index < -0.39 is 0 Å². The van der Waals surface area contributed by atoms with Crippen molar-refractivity contribution in [3.05, 3.63) is 58.6 Å². The number of carbonyl (C=O) groups excluding carboxylic acids is 3. The molecule has 31 heavy (non-hydrogen) atoms. The first kappa shape index (κ1) is 22.6. The summed E-state index contributed by atoms with van der Waals surface area (Å²) in [4.78, 5) is 36.5. The highest BCUT2D eigenvalue weighted by atomic mass is 35.5. The molecule has 0 radical (unpaired) electrons. The van der Waals surface area contributed by atoms with Gasteiger partial charge in [0, 0.05) is 30.0 Å². The summed E-state index contributed by atoms with van der Waals surface area (Å²) >= 11 is 6.23. The van der Waals surface area contributed by atoms with Gasteiger partial charge < -0.3 is 21.3 Å². The largest absolute Gasteiger partial charge is 0.376 e. The number of rotatable bonds is 7. The Morgan fingerprint density at radius 2 is 1.61 bits per heavy atom.